The van der Waals surface area contributed by atoms with Crippen molar-refractivity contribution in [1.82, 2.24) is 10.9 Å². The van der Waals surface area contributed by atoms with E-state index in [0.717, 1.165) is 0 Å². The van der Waals surface area contributed by atoms with Gasteiger partial charge in [0.15, 0.2) is 6.10 Å². The highest BCUT2D eigenvalue weighted by Gasteiger charge is 2.18. The van der Waals surface area contributed by atoms with Crippen molar-refractivity contribution < 1.29 is 19.4 Å². The molecule has 2 amide bonds. The van der Waals surface area contributed by atoms with Crippen molar-refractivity contribution in [3.8, 4) is 11.5 Å². The normalized spacial score (nSPS) is 11.5. The highest BCUT2D eigenvalue weighted by molar-refractivity contribution is 6.35. The molecule has 0 aliphatic carbocycles. The van der Waals surface area contributed by atoms with E-state index in [4.69, 9.17) is 27.9 Å². The molecule has 25 heavy (non-hydrogen) atoms. The topological polar surface area (TPSA) is 87.7 Å². The number of aryl methyl sites for hydroxylation is 1. The molecule has 0 saturated heterocycles. The lowest BCUT2D eigenvalue weighted by atomic mass is 10.1. The molecule has 0 unspecified atom stereocenters. The van der Waals surface area contributed by atoms with E-state index in [0.29, 0.717) is 10.6 Å². The molecule has 0 aromatic heterocycles. The summed E-state index contributed by atoms with van der Waals surface area (Å²) in [5, 5.41) is 10.6. The molecule has 132 valence electrons. The first kappa shape index (κ1) is 18.9. The zero-order valence-electron chi connectivity index (χ0n) is 13.5. The summed E-state index contributed by atoms with van der Waals surface area (Å²) in [6, 6.07) is 9.34. The van der Waals surface area contributed by atoms with E-state index < -0.39 is 17.9 Å². The van der Waals surface area contributed by atoms with Crippen molar-refractivity contribution in [1.29, 1.82) is 0 Å². The predicted octanol–water partition coefficient (Wildman–Crippen LogP) is 3.24. The summed E-state index contributed by atoms with van der Waals surface area (Å²) in [4.78, 5) is 24.1. The minimum atomic E-state index is -0.926. The molecule has 0 radical (unpaired) electrons. The summed E-state index contributed by atoms with van der Waals surface area (Å²) in [5.74, 6) is -1.10. The van der Waals surface area contributed by atoms with Crippen LogP contribution in [0.4, 0.5) is 0 Å². The van der Waals surface area contributed by atoms with Crippen LogP contribution in [0.5, 0.6) is 11.5 Å². The molecule has 0 fully saturated rings. The molecule has 0 saturated carbocycles. The van der Waals surface area contributed by atoms with E-state index in [1.807, 2.05) is 0 Å². The highest BCUT2D eigenvalue weighted by atomic mass is 35.5. The van der Waals surface area contributed by atoms with Crippen molar-refractivity contribution in [3.63, 3.8) is 0 Å². The van der Waals surface area contributed by atoms with Crippen LogP contribution < -0.4 is 15.6 Å². The Hall–Kier alpha value is -2.44. The maximum atomic E-state index is 12.0. The van der Waals surface area contributed by atoms with Crippen molar-refractivity contribution in [3.05, 3.63) is 57.6 Å². The lowest BCUT2D eigenvalue weighted by Gasteiger charge is -2.16. The smallest absolute Gasteiger partial charge is 0.279 e. The number of para-hydroxylation sites is 1. The molecule has 0 aliphatic rings. The largest absolute Gasteiger partial charge is 0.507 e. The van der Waals surface area contributed by atoms with Gasteiger partial charge in [-0.05, 0) is 43.7 Å². The second-order valence-electron chi connectivity index (χ2n) is 5.25. The number of benzene rings is 2. The number of hydrogen-bond acceptors (Lipinski definition) is 4. The summed E-state index contributed by atoms with van der Waals surface area (Å²) in [5.41, 5.74) is 5.06. The van der Waals surface area contributed by atoms with Gasteiger partial charge in [0.25, 0.3) is 11.8 Å². The molecule has 3 N–H and O–H groups in total. The summed E-state index contributed by atoms with van der Waals surface area (Å²) in [6.07, 6.45) is -0.926. The van der Waals surface area contributed by atoms with Crippen LogP contribution in [0, 0.1) is 6.92 Å². The van der Waals surface area contributed by atoms with Crippen LogP contribution in [0.3, 0.4) is 0 Å². The Labute approximate surface area is 154 Å². The van der Waals surface area contributed by atoms with E-state index in [2.05, 4.69) is 10.9 Å². The number of nitrogens with one attached hydrogen (secondary N) is 2. The van der Waals surface area contributed by atoms with Crippen molar-refractivity contribution in [2.24, 2.45) is 0 Å². The number of hydrogen-bond donors (Lipinski definition) is 3. The van der Waals surface area contributed by atoms with Crippen LogP contribution in [0.2, 0.25) is 10.0 Å². The van der Waals surface area contributed by atoms with Crippen molar-refractivity contribution in [2.45, 2.75) is 20.0 Å². The molecule has 0 heterocycles. The Bertz CT molecular complexity index is 811. The van der Waals surface area contributed by atoms with Crippen molar-refractivity contribution in [2.75, 3.05) is 0 Å². The first-order valence-corrected chi connectivity index (χ1v) is 8.05. The lowest BCUT2D eigenvalue weighted by Crippen LogP contribution is -2.47. The van der Waals surface area contributed by atoms with Gasteiger partial charge >= 0.3 is 0 Å². The third-order valence-corrected chi connectivity index (χ3v) is 3.88. The van der Waals surface area contributed by atoms with Gasteiger partial charge in [-0.25, -0.2) is 0 Å². The molecule has 0 spiro atoms. The maximum Gasteiger partial charge on any atom is 0.279 e. The van der Waals surface area contributed by atoms with Gasteiger partial charge < -0.3 is 9.84 Å². The summed E-state index contributed by atoms with van der Waals surface area (Å²) in [6.45, 7) is 3.16. The summed E-state index contributed by atoms with van der Waals surface area (Å²) < 4.78 is 5.44. The molecule has 0 bridgehead atoms. The number of carbonyl (C=O) groups is 2. The highest BCUT2D eigenvalue weighted by Crippen LogP contribution is 2.28. The second-order valence-corrected chi connectivity index (χ2v) is 6.09. The van der Waals surface area contributed by atoms with Gasteiger partial charge in [-0.3, -0.25) is 20.4 Å². The number of hydrazine groups is 1. The van der Waals surface area contributed by atoms with Gasteiger partial charge in [0.05, 0.1) is 10.6 Å². The molecular weight excluding hydrogens is 367 g/mol. The van der Waals surface area contributed by atoms with Crippen LogP contribution in [0.1, 0.15) is 22.8 Å². The monoisotopic (exact) mass is 382 g/mol. The number of phenols is 1. The first-order chi connectivity index (χ1) is 11.8. The van der Waals surface area contributed by atoms with E-state index in [-0.39, 0.29) is 22.1 Å². The molecule has 2 aromatic rings. The Morgan fingerprint density at radius 3 is 2.56 bits per heavy atom. The van der Waals surface area contributed by atoms with Gasteiger partial charge in [-0.2, -0.15) is 0 Å². The SMILES string of the molecule is Cc1cccc(C(=O)NNC(=O)[C@@H](C)Oc2ccc(Cl)cc2Cl)c1O. The Balaban J connectivity index is 1.95. The summed E-state index contributed by atoms with van der Waals surface area (Å²) in [7, 11) is 0. The molecule has 6 nitrogen and oxygen atoms in total. The zero-order valence-corrected chi connectivity index (χ0v) is 15.0. The van der Waals surface area contributed by atoms with Gasteiger partial charge in [-0.15, -0.1) is 0 Å². The van der Waals surface area contributed by atoms with Gasteiger partial charge in [0.2, 0.25) is 0 Å². The number of rotatable bonds is 4. The average Bonchev–Trinajstić information content (AvgIpc) is 2.57. The lowest BCUT2D eigenvalue weighted by molar-refractivity contribution is -0.128. The van der Waals surface area contributed by atoms with Crippen LogP contribution in [-0.4, -0.2) is 23.0 Å². The van der Waals surface area contributed by atoms with Crippen LogP contribution >= 0.6 is 23.2 Å². The molecule has 8 heteroatoms. The first-order valence-electron chi connectivity index (χ1n) is 7.30. The van der Waals surface area contributed by atoms with Crippen molar-refractivity contribution >= 4 is 35.0 Å². The fraction of sp³-hybridized carbons (Fsp3) is 0.176. The Morgan fingerprint density at radius 2 is 1.88 bits per heavy atom. The second kappa shape index (κ2) is 8.09. The number of halogens is 2. The molecule has 0 aliphatic heterocycles. The van der Waals surface area contributed by atoms with E-state index in [1.54, 1.807) is 25.1 Å². The Morgan fingerprint density at radius 1 is 1.16 bits per heavy atom. The van der Waals surface area contributed by atoms with Gasteiger partial charge in [0.1, 0.15) is 11.5 Å². The third kappa shape index (κ3) is 4.78. The fourth-order valence-electron chi connectivity index (χ4n) is 1.94. The molecule has 2 rings (SSSR count). The summed E-state index contributed by atoms with van der Waals surface area (Å²) >= 11 is 11.8. The van der Waals surface area contributed by atoms with E-state index in [9.17, 15) is 14.7 Å². The zero-order chi connectivity index (χ0) is 18.6. The quantitative estimate of drug-likeness (QED) is 0.708. The molecule has 1 atom stereocenters. The molecule has 2 aromatic carbocycles. The number of carbonyl (C=O) groups excluding carboxylic acids is 2. The minimum Gasteiger partial charge on any atom is -0.507 e. The van der Waals surface area contributed by atoms with Crippen LogP contribution in [0.25, 0.3) is 0 Å². The third-order valence-electron chi connectivity index (χ3n) is 3.35. The number of ether oxygens (including phenoxy) is 1. The van der Waals surface area contributed by atoms with E-state index in [1.165, 1.54) is 25.1 Å². The number of aromatic hydroxyl groups is 1. The maximum absolute atomic E-state index is 12.0. The van der Waals surface area contributed by atoms with E-state index >= 15 is 0 Å². The standard InChI is InChI=1S/C17H16Cl2N2O4/c1-9-4-3-5-12(15(9)22)17(24)21-20-16(23)10(2)25-14-7-6-11(18)8-13(14)19/h3-8,10,22H,1-2H3,(H,20,23)(H,21,24)/t10-/m1/s1. The Kier molecular flexibility index (Phi) is 6.12. The number of amides is 2. The minimum absolute atomic E-state index is 0.0506. The van der Waals surface area contributed by atoms with Gasteiger partial charge in [0, 0.05) is 5.02 Å². The average molecular weight is 383 g/mol. The van der Waals surface area contributed by atoms with Gasteiger partial charge in [-0.1, -0.05) is 35.3 Å². The fourth-order valence-corrected chi connectivity index (χ4v) is 2.40. The predicted molar refractivity (Wildman–Crippen MR) is 95.0 cm³/mol. The van der Waals surface area contributed by atoms with Crippen LogP contribution in [0.15, 0.2) is 36.4 Å². The molecular formula is C17H16Cl2N2O4. The number of phenolic OH excluding ortho intramolecular Hbond substituents is 1. The van der Waals surface area contributed by atoms with Crippen LogP contribution in [-0.2, 0) is 4.79 Å².